The highest BCUT2D eigenvalue weighted by Gasteiger charge is 2.16. The SMILES string of the molecule is CN(C)c1ccc(C(CNC(=O)c2cccc(Br)c2)N(C)C)cc1. The smallest absolute Gasteiger partial charge is 0.251 e. The molecule has 0 aliphatic heterocycles. The van der Waals surface area contributed by atoms with Crippen molar-refractivity contribution in [3.05, 3.63) is 64.1 Å². The Morgan fingerprint density at radius 2 is 1.75 bits per heavy atom. The Kier molecular flexibility index (Phi) is 6.40. The maximum absolute atomic E-state index is 12.3. The van der Waals surface area contributed by atoms with Crippen LogP contribution in [0.3, 0.4) is 0 Å². The zero-order valence-corrected chi connectivity index (χ0v) is 16.2. The van der Waals surface area contributed by atoms with Crippen molar-refractivity contribution in [3.8, 4) is 0 Å². The van der Waals surface area contributed by atoms with E-state index in [-0.39, 0.29) is 11.9 Å². The van der Waals surface area contributed by atoms with Crippen molar-refractivity contribution in [2.75, 3.05) is 39.6 Å². The summed E-state index contributed by atoms with van der Waals surface area (Å²) in [5.74, 6) is -0.0620. The molecule has 2 aromatic rings. The number of anilines is 1. The number of amides is 1. The van der Waals surface area contributed by atoms with Crippen molar-refractivity contribution >= 4 is 27.5 Å². The molecule has 0 saturated carbocycles. The summed E-state index contributed by atoms with van der Waals surface area (Å²) in [6, 6.07) is 16.0. The number of hydrogen-bond donors (Lipinski definition) is 1. The number of carbonyl (C=O) groups excluding carboxylic acids is 1. The average Bonchev–Trinajstić information content (AvgIpc) is 2.55. The van der Waals surface area contributed by atoms with E-state index in [2.05, 4.69) is 55.3 Å². The number of hydrogen-bond acceptors (Lipinski definition) is 3. The van der Waals surface area contributed by atoms with Gasteiger partial charge in [0, 0.05) is 36.4 Å². The minimum atomic E-state index is -0.0620. The van der Waals surface area contributed by atoms with Crippen LogP contribution in [0.2, 0.25) is 0 Å². The monoisotopic (exact) mass is 389 g/mol. The molecule has 4 nitrogen and oxygen atoms in total. The van der Waals surface area contributed by atoms with Crippen LogP contribution >= 0.6 is 15.9 Å². The molecule has 0 aliphatic rings. The van der Waals surface area contributed by atoms with Crippen LogP contribution < -0.4 is 10.2 Å². The first-order valence-electron chi connectivity index (χ1n) is 7.86. The van der Waals surface area contributed by atoms with Crippen molar-refractivity contribution < 1.29 is 4.79 Å². The summed E-state index contributed by atoms with van der Waals surface area (Å²) in [7, 11) is 8.10. The maximum atomic E-state index is 12.3. The molecule has 1 unspecified atom stereocenters. The van der Waals surface area contributed by atoms with Gasteiger partial charge in [-0.3, -0.25) is 4.79 Å². The summed E-state index contributed by atoms with van der Waals surface area (Å²) in [6.45, 7) is 0.555. The number of benzene rings is 2. The molecule has 2 rings (SSSR count). The fourth-order valence-electron chi connectivity index (χ4n) is 2.51. The number of halogens is 1. The fraction of sp³-hybridized carbons (Fsp3) is 0.316. The van der Waals surface area contributed by atoms with Crippen LogP contribution in [0, 0.1) is 0 Å². The number of nitrogens with zero attached hydrogens (tertiary/aromatic N) is 2. The van der Waals surface area contributed by atoms with Crippen LogP contribution in [0.4, 0.5) is 5.69 Å². The lowest BCUT2D eigenvalue weighted by Crippen LogP contribution is -2.34. The summed E-state index contributed by atoms with van der Waals surface area (Å²) in [4.78, 5) is 16.5. The molecule has 0 fully saturated rings. The van der Waals surface area contributed by atoms with E-state index in [1.807, 2.05) is 52.5 Å². The predicted molar refractivity (Wildman–Crippen MR) is 104 cm³/mol. The largest absolute Gasteiger partial charge is 0.378 e. The molecule has 0 aliphatic carbocycles. The van der Waals surface area contributed by atoms with Crippen molar-refractivity contribution in [1.82, 2.24) is 10.2 Å². The molecule has 2 aromatic carbocycles. The number of rotatable bonds is 6. The van der Waals surface area contributed by atoms with E-state index in [0.717, 1.165) is 10.2 Å². The standard InChI is InChI=1S/C19H24BrN3O/c1-22(2)17-10-8-14(9-11-17)18(23(3)4)13-21-19(24)15-6-5-7-16(20)12-15/h5-12,18H,13H2,1-4H3,(H,21,24). The highest BCUT2D eigenvalue weighted by molar-refractivity contribution is 9.10. The van der Waals surface area contributed by atoms with Gasteiger partial charge in [-0.05, 0) is 50.0 Å². The maximum Gasteiger partial charge on any atom is 0.251 e. The molecule has 1 amide bonds. The summed E-state index contributed by atoms with van der Waals surface area (Å²) in [5, 5.41) is 3.03. The highest BCUT2D eigenvalue weighted by Crippen LogP contribution is 2.21. The normalized spacial score (nSPS) is 12.1. The van der Waals surface area contributed by atoms with Gasteiger partial charge in [0.05, 0.1) is 6.04 Å². The van der Waals surface area contributed by atoms with Gasteiger partial charge in [0.2, 0.25) is 0 Å². The van der Waals surface area contributed by atoms with Gasteiger partial charge in [0.15, 0.2) is 0 Å². The molecule has 1 N–H and O–H groups in total. The van der Waals surface area contributed by atoms with Gasteiger partial charge in [-0.2, -0.15) is 0 Å². The number of carbonyl (C=O) groups is 1. The van der Waals surface area contributed by atoms with E-state index in [0.29, 0.717) is 12.1 Å². The summed E-state index contributed by atoms with van der Waals surface area (Å²) in [5.41, 5.74) is 3.00. The third kappa shape index (κ3) is 4.82. The first-order chi connectivity index (χ1) is 11.4. The molecule has 0 saturated heterocycles. The van der Waals surface area contributed by atoms with E-state index in [1.165, 1.54) is 5.56 Å². The van der Waals surface area contributed by atoms with Crippen LogP contribution in [0.1, 0.15) is 22.0 Å². The summed E-state index contributed by atoms with van der Waals surface area (Å²) < 4.78 is 0.901. The summed E-state index contributed by atoms with van der Waals surface area (Å²) in [6.07, 6.45) is 0. The number of nitrogens with one attached hydrogen (secondary N) is 1. The van der Waals surface area contributed by atoms with Crippen molar-refractivity contribution in [2.45, 2.75) is 6.04 Å². The van der Waals surface area contributed by atoms with E-state index in [1.54, 1.807) is 0 Å². The molecule has 0 spiro atoms. The average molecular weight is 390 g/mol. The Morgan fingerprint density at radius 1 is 1.08 bits per heavy atom. The lowest BCUT2D eigenvalue weighted by atomic mass is 10.0. The lowest BCUT2D eigenvalue weighted by molar-refractivity contribution is 0.0942. The van der Waals surface area contributed by atoms with Gasteiger partial charge >= 0.3 is 0 Å². The van der Waals surface area contributed by atoms with Gasteiger partial charge in [-0.1, -0.05) is 34.1 Å². The second-order valence-electron chi connectivity index (χ2n) is 6.19. The first-order valence-corrected chi connectivity index (χ1v) is 8.65. The highest BCUT2D eigenvalue weighted by atomic mass is 79.9. The first kappa shape index (κ1) is 18.5. The Balaban J connectivity index is 2.07. The molecule has 1 atom stereocenters. The van der Waals surface area contributed by atoms with Crippen LogP contribution in [-0.4, -0.2) is 45.5 Å². The zero-order valence-electron chi connectivity index (χ0n) is 14.6. The van der Waals surface area contributed by atoms with Crippen molar-refractivity contribution in [2.24, 2.45) is 0 Å². The van der Waals surface area contributed by atoms with E-state index in [4.69, 9.17) is 0 Å². The second kappa shape index (κ2) is 8.31. The molecular weight excluding hydrogens is 366 g/mol. The lowest BCUT2D eigenvalue weighted by Gasteiger charge is -2.26. The molecule has 0 radical (unpaired) electrons. The van der Waals surface area contributed by atoms with E-state index in [9.17, 15) is 4.79 Å². The third-order valence-corrected chi connectivity index (χ3v) is 4.45. The number of likely N-dealkylation sites (N-methyl/N-ethyl adjacent to an activating group) is 1. The minimum Gasteiger partial charge on any atom is -0.378 e. The van der Waals surface area contributed by atoms with Crippen molar-refractivity contribution in [3.63, 3.8) is 0 Å². The molecule has 0 heterocycles. The molecule has 0 aromatic heterocycles. The third-order valence-electron chi connectivity index (χ3n) is 3.96. The molecular formula is C19H24BrN3O. The predicted octanol–water partition coefficient (Wildman–Crippen LogP) is 3.55. The van der Waals surface area contributed by atoms with Gasteiger partial charge < -0.3 is 15.1 Å². The molecule has 24 heavy (non-hydrogen) atoms. The zero-order chi connectivity index (χ0) is 17.7. The van der Waals surface area contributed by atoms with Gasteiger partial charge in [-0.25, -0.2) is 0 Å². The van der Waals surface area contributed by atoms with Crippen molar-refractivity contribution in [1.29, 1.82) is 0 Å². The topological polar surface area (TPSA) is 35.6 Å². The van der Waals surface area contributed by atoms with Gasteiger partial charge in [0.1, 0.15) is 0 Å². The fourth-order valence-corrected chi connectivity index (χ4v) is 2.91. The summed E-state index contributed by atoms with van der Waals surface area (Å²) >= 11 is 3.40. The van der Waals surface area contributed by atoms with Crippen LogP contribution in [0.25, 0.3) is 0 Å². The Bertz CT molecular complexity index is 683. The van der Waals surface area contributed by atoms with Gasteiger partial charge in [0.25, 0.3) is 5.91 Å². The molecule has 5 heteroatoms. The molecule has 0 bridgehead atoms. The minimum absolute atomic E-state index is 0.0620. The Hall–Kier alpha value is -1.85. The van der Waals surface area contributed by atoms with Crippen LogP contribution in [0.5, 0.6) is 0 Å². The van der Waals surface area contributed by atoms with Crippen LogP contribution in [0.15, 0.2) is 53.0 Å². The van der Waals surface area contributed by atoms with Gasteiger partial charge in [-0.15, -0.1) is 0 Å². The Morgan fingerprint density at radius 3 is 2.29 bits per heavy atom. The second-order valence-corrected chi connectivity index (χ2v) is 7.10. The Labute approximate surface area is 152 Å². The van der Waals surface area contributed by atoms with E-state index >= 15 is 0 Å². The van der Waals surface area contributed by atoms with E-state index < -0.39 is 0 Å². The van der Waals surface area contributed by atoms with Crippen LogP contribution in [-0.2, 0) is 0 Å². The quantitative estimate of drug-likeness (QED) is 0.820. The molecule has 128 valence electrons.